The molecule has 2 N–H and O–H groups in total. The number of ether oxygens (including phenoxy) is 1. The van der Waals surface area contributed by atoms with Crippen LogP contribution in [0.3, 0.4) is 0 Å². The number of nitrogens with two attached hydrogens (primary N) is 1. The second kappa shape index (κ2) is 7.17. The van der Waals surface area contributed by atoms with E-state index in [0.29, 0.717) is 23.9 Å². The van der Waals surface area contributed by atoms with Crippen LogP contribution in [0.1, 0.15) is 43.4 Å². The van der Waals surface area contributed by atoms with E-state index >= 15 is 0 Å². The zero-order valence-corrected chi connectivity index (χ0v) is 12.8. The van der Waals surface area contributed by atoms with Gasteiger partial charge in [0.15, 0.2) is 12.4 Å². The summed E-state index contributed by atoms with van der Waals surface area (Å²) in [6.45, 7) is 6.21. The van der Waals surface area contributed by atoms with Crippen molar-refractivity contribution in [2.75, 3.05) is 0 Å². The van der Waals surface area contributed by atoms with Gasteiger partial charge in [0.2, 0.25) is 0 Å². The van der Waals surface area contributed by atoms with E-state index in [2.05, 4.69) is 22.0 Å². The Morgan fingerprint density at radius 3 is 2.86 bits per heavy atom. The minimum Gasteiger partial charge on any atom is -0.482 e. The number of nitrogens with zero attached hydrogens (tertiary/aromatic N) is 3. The molecule has 2 aromatic heterocycles. The predicted octanol–water partition coefficient (Wildman–Crippen LogP) is 2.19. The fraction of sp³-hybridized carbons (Fsp3) is 0.533. The predicted molar refractivity (Wildman–Crippen MR) is 79.0 cm³/mol. The minimum absolute atomic E-state index is 0.0289. The number of pyridine rings is 1. The topological polar surface area (TPSA) is 87.1 Å². The van der Waals surface area contributed by atoms with E-state index in [0.717, 1.165) is 24.2 Å². The molecule has 114 valence electrons. The lowest BCUT2D eigenvalue weighted by atomic mass is 10.1. The quantitative estimate of drug-likeness (QED) is 0.841. The molecule has 0 spiro atoms. The Morgan fingerprint density at radius 1 is 1.33 bits per heavy atom. The third-order valence-electron chi connectivity index (χ3n) is 2.92. The first-order chi connectivity index (χ1) is 10.1. The smallest absolute Gasteiger partial charge is 0.264 e. The van der Waals surface area contributed by atoms with Gasteiger partial charge in [0, 0.05) is 24.6 Å². The molecule has 0 saturated carbocycles. The summed E-state index contributed by atoms with van der Waals surface area (Å²) in [5.41, 5.74) is 7.66. The van der Waals surface area contributed by atoms with Crippen LogP contribution in [0.2, 0.25) is 0 Å². The Bertz CT molecular complexity index is 581. The normalized spacial score (nSPS) is 12.4. The SMILES string of the molecule is CCCc1noc(COc2ccc(C)nc2CC(C)N)n1. The highest BCUT2D eigenvalue weighted by atomic mass is 16.5. The van der Waals surface area contributed by atoms with Gasteiger partial charge in [-0.1, -0.05) is 12.1 Å². The zero-order valence-electron chi connectivity index (χ0n) is 12.8. The van der Waals surface area contributed by atoms with E-state index in [1.807, 2.05) is 26.0 Å². The van der Waals surface area contributed by atoms with E-state index in [4.69, 9.17) is 15.0 Å². The number of hydrogen-bond acceptors (Lipinski definition) is 6. The van der Waals surface area contributed by atoms with Gasteiger partial charge in [0.25, 0.3) is 5.89 Å². The van der Waals surface area contributed by atoms with Gasteiger partial charge in [0.05, 0.1) is 5.69 Å². The summed E-state index contributed by atoms with van der Waals surface area (Å²) in [5.74, 6) is 1.91. The third-order valence-corrected chi connectivity index (χ3v) is 2.92. The third kappa shape index (κ3) is 4.53. The fourth-order valence-electron chi connectivity index (χ4n) is 1.99. The highest BCUT2D eigenvalue weighted by molar-refractivity contribution is 5.30. The fourth-order valence-corrected chi connectivity index (χ4v) is 1.99. The van der Waals surface area contributed by atoms with Crippen LogP contribution in [-0.2, 0) is 19.4 Å². The highest BCUT2D eigenvalue weighted by Gasteiger charge is 2.11. The van der Waals surface area contributed by atoms with Crippen LogP contribution >= 0.6 is 0 Å². The van der Waals surface area contributed by atoms with Gasteiger partial charge in [-0.3, -0.25) is 4.98 Å². The first-order valence-corrected chi connectivity index (χ1v) is 7.24. The molecule has 0 aliphatic rings. The van der Waals surface area contributed by atoms with Gasteiger partial charge in [-0.15, -0.1) is 0 Å². The van der Waals surface area contributed by atoms with Gasteiger partial charge >= 0.3 is 0 Å². The van der Waals surface area contributed by atoms with E-state index in [9.17, 15) is 0 Å². The number of hydrogen-bond donors (Lipinski definition) is 1. The zero-order chi connectivity index (χ0) is 15.2. The van der Waals surface area contributed by atoms with Crippen LogP contribution in [0.4, 0.5) is 0 Å². The van der Waals surface area contributed by atoms with Crippen LogP contribution in [0, 0.1) is 6.92 Å². The van der Waals surface area contributed by atoms with Gasteiger partial charge in [0.1, 0.15) is 5.75 Å². The average molecular weight is 290 g/mol. The van der Waals surface area contributed by atoms with Crippen molar-refractivity contribution in [2.24, 2.45) is 5.73 Å². The second-order valence-electron chi connectivity index (χ2n) is 5.22. The average Bonchev–Trinajstić information content (AvgIpc) is 2.85. The lowest BCUT2D eigenvalue weighted by Gasteiger charge is -2.11. The van der Waals surface area contributed by atoms with Crippen molar-refractivity contribution in [2.45, 2.75) is 52.7 Å². The summed E-state index contributed by atoms with van der Waals surface area (Å²) < 4.78 is 10.9. The molecular formula is C15H22N4O2. The lowest BCUT2D eigenvalue weighted by Crippen LogP contribution is -2.19. The molecule has 21 heavy (non-hydrogen) atoms. The molecule has 1 unspecified atom stereocenters. The van der Waals surface area contributed by atoms with Gasteiger partial charge in [-0.25, -0.2) is 0 Å². The molecule has 0 aromatic carbocycles. The summed E-state index contributed by atoms with van der Waals surface area (Å²) in [7, 11) is 0. The van der Waals surface area contributed by atoms with Crippen molar-refractivity contribution in [3.05, 3.63) is 35.2 Å². The molecule has 2 heterocycles. The molecule has 1 atom stereocenters. The van der Waals surface area contributed by atoms with Crippen LogP contribution in [0.5, 0.6) is 5.75 Å². The van der Waals surface area contributed by atoms with Crippen molar-refractivity contribution >= 4 is 0 Å². The lowest BCUT2D eigenvalue weighted by molar-refractivity contribution is 0.239. The maximum Gasteiger partial charge on any atom is 0.264 e. The second-order valence-corrected chi connectivity index (χ2v) is 5.22. The van der Waals surface area contributed by atoms with E-state index in [1.165, 1.54) is 0 Å². The molecule has 0 bridgehead atoms. The van der Waals surface area contributed by atoms with E-state index in [-0.39, 0.29) is 12.6 Å². The molecule has 6 heteroatoms. The van der Waals surface area contributed by atoms with E-state index in [1.54, 1.807) is 0 Å². The summed E-state index contributed by atoms with van der Waals surface area (Å²) in [6.07, 6.45) is 2.47. The van der Waals surface area contributed by atoms with Crippen molar-refractivity contribution in [1.82, 2.24) is 15.1 Å². The maximum absolute atomic E-state index is 5.85. The largest absolute Gasteiger partial charge is 0.482 e. The van der Waals surface area contributed by atoms with Crippen LogP contribution in [-0.4, -0.2) is 21.2 Å². The Morgan fingerprint density at radius 2 is 2.14 bits per heavy atom. The molecule has 2 aromatic rings. The maximum atomic E-state index is 5.85. The molecular weight excluding hydrogens is 268 g/mol. The van der Waals surface area contributed by atoms with Crippen molar-refractivity contribution in [3.8, 4) is 5.75 Å². The summed E-state index contributed by atoms with van der Waals surface area (Å²) in [4.78, 5) is 8.76. The van der Waals surface area contributed by atoms with Crippen LogP contribution in [0.15, 0.2) is 16.7 Å². The number of aryl methyl sites for hydroxylation is 2. The molecule has 0 amide bonds. The summed E-state index contributed by atoms with van der Waals surface area (Å²) in [6, 6.07) is 3.85. The van der Waals surface area contributed by atoms with Crippen molar-refractivity contribution in [1.29, 1.82) is 0 Å². The van der Waals surface area contributed by atoms with E-state index < -0.39 is 0 Å². The molecule has 0 saturated heterocycles. The monoisotopic (exact) mass is 290 g/mol. The van der Waals surface area contributed by atoms with Crippen molar-refractivity contribution in [3.63, 3.8) is 0 Å². The van der Waals surface area contributed by atoms with Crippen molar-refractivity contribution < 1.29 is 9.26 Å². The number of aromatic nitrogens is 3. The molecule has 0 aliphatic heterocycles. The summed E-state index contributed by atoms with van der Waals surface area (Å²) >= 11 is 0. The molecule has 0 aliphatic carbocycles. The van der Waals surface area contributed by atoms with Gasteiger partial charge < -0.3 is 15.0 Å². The first kappa shape index (κ1) is 15.4. The first-order valence-electron chi connectivity index (χ1n) is 7.24. The van der Waals surface area contributed by atoms with Gasteiger partial charge in [-0.2, -0.15) is 4.98 Å². The minimum atomic E-state index is 0.0289. The standard InChI is InChI=1S/C15H22N4O2/c1-4-5-14-18-15(21-19-14)9-20-13-7-6-11(3)17-12(13)8-10(2)16/h6-7,10H,4-5,8-9,16H2,1-3H3. The molecule has 0 radical (unpaired) electrons. The Balaban J connectivity index is 2.04. The van der Waals surface area contributed by atoms with Crippen LogP contribution in [0.25, 0.3) is 0 Å². The Hall–Kier alpha value is -1.95. The molecule has 2 rings (SSSR count). The Labute approximate surface area is 124 Å². The molecule has 0 fully saturated rings. The highest BCUT2D eigenvalue weighted by Crippen LogP contribution is 2.19. The van der Waals surface area contributed by atoms with Crippen LogP contribution < -0.4 is 10.5 Å². The molecule has 6 nitrogen and oxygen atoms in total. The van der Waals surface area contributed by atoms with Gasteiger partial charge in [-0.05, 0) is 32.4 Å². The Kier molecular flexibility index (Phi) is 5.27. The summed E-state index contributed by atoms with van der Waals surface area (Å²) in [5, 5.41) is 3.90. The number of rotatable bonds is 7.